The fourth-order valence-corrected chi connectivity index (χ4v) is 2.83. The quantitative estimate of drug-likeness (QED) is 0.826. The van der Waals surface area contributed by atoms with E-state index in [2.05, 4.69) is 14.8 Å². The van der Waals surface area contributed by atoms with Gasteiger partial charge in [0, 0.05) is 11.6 Å². The number of hydrogen-bond donors (Lipinski definition) is 1. The minimum absolute atomic E-state index is 0.00648. The molecule has 1 N–H and O–H groups in total. The average Bonchev–Trinajstić information content (AvgIpc) is 3.25. The number of nitrogens with zero attached hydrogens (tertiary/aromatic N) is 3. The fourth-order valence-electron chi connectivity index (χ4n) is 2.10. The second kappa shape index (κ2) is 5.77. The van der Waals surface area contributed by atoms with Gasteiger partial charge in [0.1, 0.15) is 5.75 Å². The maximum Gasteiger partial charge on any atom is 0.313 e. The van der Waals surface area contributed by atoms with Crippen molar-refractivity contribution >= 4 is 17.7 Å². The second-order valence-corrected chi connectivity index (χ2v) is 5.76. The van der Waals surface area contributed by atoms with Gasteiger partial charge >= 0.3 is 5.97 Å². The summed E-state index contributed by atoms with van der Waals surface area (Å²) < 4.78 is 7.20. The van der Waals surface area contributed by atoms with Crippen LogP contribution in [-0.4, -0.2) is 38.7 Å². The Kier molecular flexibility index (Phi) is 3.83. The fraction of sp³-hybridized carbons (Fsp3) is 0.357. The minimum atomic E-state index is -0.851. The lowest BCUT2D eigenvalue weighted by Gasteiger charge is -2.08. The van der Waals surface area contributed by atoms with Gasteiger partial charge in [-0.15, -0.1) is 10.2 Å². The largest absolute Gasteiger partial charge is 0.497 e. The van der Waals surface area contributed by atoms with Gasteiger partial charge in [-0.3, -0.25) is 9.36 Å². The van der Waals surface area contributed by atoms with Gasteiger partial charge in [0.25, 0.3) is 0 Å². The summed E-state index contributed by atoms with van der Waals surface area (Å²) in [6.07, 6.45) is 2.17. The highest BCUT2D eigenvalue weighted by Crippen LogP contribution is 2.41. The lowest BCUT2D eigenvalue weighted by molar-refractivity contribution is -0.133. The zero-order valence-electron chi connectivity index (χ0n) is 11.5. The van der Waals surface area contributed by atoms with Gasteiger partial charge in [-0.1, -0.05) is 11.8 Å². The van der Waals surface area contributed by atoms with Crippen molar-refractivity contribution in [3.05, 3.63) is 24.3 Å². The molecule has 1 aliphatic rings. The zero-order chi connectivity index (χ0) is 14.8. The molecule has 1 aromatic heterocycles. The smallest absolute Gasteiger partial charge is 0.313 e. The molecular weight excluding hydrogens is 290 g/mol. The van der Waals surface area contributed by atoms with Gasteiger partial charge in [0.15, 0.2) is 11.0 Å². The van der Waals surface area contributed by atoms with E-state index in [-0.39, 0.29) is 5.75 Å². The number of carboxylic acid groups (broad SMARTS) is 1. The molecule has 3 rings (SSSR count). The van der Waals surface area contributed by atoms with Crippen molar-refractivity contribution in [3.8, 4) is 17.1 Å². The number of aromatic nitrogens is 3. The molecule has 0 bridgehead atoms. The van der Waals surface area contributed by atoms with E-state index in [1.165, 1.54) is 11.8 Å². The van der Waals surface area contributed by atoms with Crippen LogP contribution in [0.25, 0.3) is 11.4 Å². The minimum Gasteiger partial charge on any atom is -0.497 e. The van der Waals surface area contributed by atoms with Crippen molar-refractivity contribution in [3.63, 3.8) is 0 Å². The molecule has 0 spiro atoms. The molecule has 1 fully saturated rings. The highest BCUT2D eigenvalue weighted by atomic mass is 32.2. The van der Waals surface area contributed by atoms with Crippen LogP contribution >= 0.6 is 11.8 Å². The topological polar surface area (TPSA) is 77.2 Å². The number of ether oxygens (including phenoxy) is 1. The van der Waals surface area contributed by atoms with Gasteiger partial charge in [-0.2, -0.15) is 0 Å². The van der Waals surface area contributed by atoms with Crippen LogP contribution in [0.15, 0.2) is 29.4 Å². The number of rotatable bonds is 6. The van der Waals surface area contributed by atoms with Crippen molar-refractivity contribution < 1.29 is 14.6 Å². The highest BCUT2D eigenvalue weighted by Gasteiger charge is 2.30. The van der Waals surface area contributed by atoms with E-state index in [9.17, 15) is 4.79 Å². The molecule has 0 saturated heterocycles. The van der Waals surface area contributed by atoms with Crippen LogP contribution in [0.5, 0.6) is 5.75 Å². The van der Waals surface area contributed by atoms with E-state index in [1.807, 2.05) is 24.3 Å². The van der Waals surface area contributed by atoms with E-state index in [4.69, 9.17) is 9.84 Å². The van der Waals surface area contributed by atoms with E-state index in [0.717, 1.165) is 30.0 Å². The highest BCUT2D eigenvalue weighted by molar-refractivity contribution is 7.99. The van der Waals surface area contributed by atoms with E-state index >= 15 is 0 Å². The van der Waals surface area contributed by atoms with Crippen molar-refractivity contribution in [2.75, 3.05) is 12.9 Å². The maximum atomic E-state index is 10.7. The first-order valence-corrected chi connectivity index (χ1v) is 7.61. The molecule has 0 atom stereocenters. The van der Waals surface area contributed by atoms with Gasteiger partial charge in [-0.25, -0.2) is 0 Å². The Morgan fingerprint density at radius 3 is 2.67 bits per heavy atom. The normalized spacial score (nSPS) is 14.1. The van der Waals surface area contributed by atoms with E-state index < -0.39 is 5.97 Å². The van der Waals surface area contributed by atoms with Gasteiger partial charge in [0.05, 0.1) is 12.9 Å². The molecule has 0 aliphatic heterocycles. The predicted molar refractivity (Wildman–Crippen MR) is 78.6 cm³/mol. The number of aliphatic carboxylic acids is 1. The average molecular weight is 305 g/mol. The Morgan fingerprint density at radius 1 is 1.38 bits per heavy atom. The third-order valence-corrected chi connectivity index (χ3v) is 4.18. The Balaban J connectivity index is 1.92. The summed E-state index contributed by atoms with van der Waals surface area (Å²) in [4.78, 5) is 10.7. The SMILES string of the molecule is COc1ccc(-c2nnc(SCC(=O)O)n2C2CC2)cc1. The summed E-state index contributed by atoms with van der Waals surface area (Å²) in [6.45, 7) is 0. The molecule has 2 aromatic rings. The molecule has 1 aliphatic carbocycles. The molecule has 1 saturated carbocycles. The summed E-state index contributed by atoms with van der Waals surface area (Å²) in [5.41, 5.74) is 0.956. The van der Waals surface area contributed by atoms with Crippen molar-refractivity contribution in [1.29, 1.82) is 0 Å². The summed E-state index contributed by atoms with van der Waals surface area (Å²) in [5.74, 6) is 0.717. The predicted octanol–water partition coefficient (Wildman–Crippen LogP) is 2.47. The number of carboxylic acids is 1. The van der Waals surface area contributed by atoms with Crippen LogP contribution in [0.1, 0.15) is 18.9 Å². The molecule has 1 aromatic carbocycles. The number of thioether (sulfide) groups is 1. The van der Waals surface area contributed by atoms with Crippen molar-refractivity contribution in [2.45, 2.75) is 24.0 Å². The lowest BCUT2D eigenvalue weighted by Crippen LogP contribution is -2.03. The molecule has 6 nitrogen and oxygen atoms in total. The summed E-state index contributed by atoms with van der Waals surface area (Å²) in [7, 11) is 1.63. The number of hydrogen-bond acceptors (Lipinski definition) is 5. The third-order valence-electron chi connectivity index (χ3n) is 3.25. The van der Waals surface area contributed by atoms with E-state index in [0.29, 0.717) is 11.2 Å². The standard InChI is InChI=1S/C14H15N3O3S/c1-20-11-6-2-9(3-7-11)13-15-16-14(21-8-12(18)19)17(13)10-4-5-10/h2-3,6-7,10H,4-5,8H2,1H3,(H,18,19). The first-order valence-electron chi connectivity index (χ1n) is 6.63. The number of carbonyl (C=O) groups is 1. The third kappa shape index (κ3) is 3.02. The number of methoxy groups -OCH3 is 1. The number of benzene rings is 1. The molecule has 0 amide bonds. The van der Waals surface area contributed by atoms with Crippen LogP contribution in [0.2, 0.25) is 0 Å². The van der Waals surface area contributed by atoms with Gasteiger partial charge in [-0.05, 0) is 37.1 Å². The van der Waals surface area contributed by atoms with Crippen LogP contribution in [0.4, 0.5) is 0 Å². The molecular formula is C14H15N3O3S. The molecule has 7 heteroatoms. The molecule has 21 heavy (non-hydrogen) atoms. The Hall–Kier alpha value is -2.02. The van der Waals surface area contributed by atoms with E-state index in [1.54, 1.807) is 7.11 Å². The Morgan fingerprint density at radius 2 is 2.10 bits per heavy atom. The lowest BCUT2D eigenvalue weighted by atomic mass is 10.2. The zero-order valence-corrected chi connectivity index (χ0v) is 12.3. The first-order chi connectivity index (χ1) is 10.2. The monoisotopic (exact) mass is 305 g/mol. The summed E-state index contributed by atoms with van der Waals surface area (Å²) in [6, 6.07) is 8.02. The molecule has 0 radical (unpaired) electrons. The maximum absolute atomic E-state index is 10.7. The van der Waals surface area contributed by atoms with Crippen LogP contribution < -0.4 is 4.74 Å². The van der Waals surface area contributed by atoms with Crippen molar-refractivity contribution in [2.24, 2.45) is 0 Å². The van der Waals surface area contributed by atoms with Crippen LogP contribution in [0.3, 0.4) is 0 Å². The molecule has 110 valence electrons. The summed E-state index contributed by atoms with van der Waals surface area (Å²) in [5, 5.41) is 17.9. The molecule has 0 unspecified atom stereocenters. The van der Waals surface area contributed by atoms with Crippen LogP contribution in [0, 0.1) is 0 Å². The summed E-state index contributed by atoms with van der Waals surface area (Å²) >= 11 is 1.21. The van der Waals surface area contributed by atoms with Gasteiger partial charge in [0.2, 0.25) is 0 Å². The van der Waals surface area contributed by atoms with Crippen molar-refractivity contribution in [1.82, 2.24) is 14.8 Å². The second-order valence-electron chi connectivity index (χ2n) is 4.82. The van der Waals surface area contributed by atoms with Gasteiger partial charge < -0.3 is 9.84 Å². The molecule has 1 heterocycles. The van der Waals surface area contributed by atoms with Crippen LogP contribution in [-0.2, 0) is 4.79 Å². The Labute approximate surface area is 126 Å². The first kappa shape index (κ1) is 13.9. The Bertz CT molecular complexity index is 650.